The van der Waals surface area contributed by atoms with Crippen LogP contribution in [0.5, 0.6) is 0 Å². The Morgan fingerprint density at radius 1 is 1.05 bits per heavy atom. The normalized spacial score (nSPS) is 10.2. The van der Waals surface area contributed by atoms with Crippen molar-refractivity contribution in [3.8, 4) is 0 Å². The number of imidazole rings is 1. The summed E-state index contributed by atoms with van der Waals surface area (Å²) in [4.78, 5) is 11.8. The highest BCUT2D eigenvalue weighted by Gasteiger charge is 2.07. The van der Waals surface area contributed by atoms with Crippen LogP contribution in [0.1, 0.15) is 12.0 Å². The Labute approximate surface area is 137 Å². The zero-order chi connectivity index (χ0) is 13.8. The van der Waals surface area contributed by atoms with Gasteiger partial charge in [0.15, 0.2) is 0 Å². The van der Waals surface area contributed by atoms with Gasteiger partial charge in [0.1, 0.15) is 0 Å². The summed E-state index contributed by atoms with van der Waals surface area (Å²) in [6.07, 6.45) is 1.11. The molecule has 0 saturated heterocycles. The van der Waals surface area contributed by atoms with Crippen LogP contribution in [0.3, 0.4) is 0 Å². The molecule has 0 unspecified atom stereocenters. The molecule has 0 bridgehead atoms. The first-order valence-corrected chi connectivity index (χ1v) is 6.65. The van der Waals surface area contributed by atoms with Crippen LogP contribution in [0, 0.1) is 0 Å². The summed E-state index contributed by atoms with van der Waals surface area (Å²) in [5.41, 5.74) is 3.20. The third-order valence-corrected chi connectivity index (χ3v) is 3.45. The molecule has 0 saturated carbocycles. The third-order valence-electron chi connectivity index (χ3n) is 3.45. The molecule has 0 radical (unpaired) electrons. The minimum absolute atomic E-state index is 0. The van der Waals surface area contributed by atoms with Gasteiger partial charge in [-0.1, -0.05) is 6.07 Å². The Kier molecular flexibility index (Phi) is 8.66. The van der Waals surface area contributed by atoms with Crippen molar-refractivity contribution < 1.29 is 24.8 Å². The van der Waals surface area contributed by atoms with Gasteiger partial charge in [0, 0.05) is 20.6 Å². The van der Waals surface area contributed by atoms with Crippen molar-refractivity contribution in [2.75, 3.05) is 20.1 Å². The Morgan fingerprint density at radius 2 is 1.71 bits per heavy atom. The molecular formula is C14H22Cl2N4O-2. The first-order chi connectivity index (χ1) is 9.15. The van der Waals surface area contributed by atoms with Crippen LogP contribution >= 0.6 is 0 Å². The molecule has 1 aromatic heterocycles. The average Bonchev–Trinajstić information content (AvgIpc) is 2.64. The molecule has 2 N–H and O–H groups in total. The summed E-state index contributed by atoms with van der Waals surface area (Å²) in [6.45, 7) is 2.86. The highest BCUT2D eigenvalue weighted by Crippen LogP contribution is 2.13. The summed E-state index contributed by atoms with van der Waals surface area (Å²) in [6, 6.07) is 6.18. The number of halogens is 2. The number of rotatable bonds is 6. The van der Waals surface area contributed by atoms with Crippen molar-refractivity contribution in [3.05, 3.63) is 34.2 Å². The number of aromatic nitrogens is 2. The van der Waals surface area contributed by atoms with Crippen molar-refractivity contribution in [3.63, 3.8) is 0 Å². The lowest BCUT2D eigenvalue weighted by molar-refractivity contribution is -0.00100. The Balaban J connectivity index is 0.00000200. The lowest BCUT2D eigenvalue weighted by Gasteiger charge is -2.05. The van der Waals surface area contributed by atoms with Gasteiger partial charge in [0.05, 0.1) is 11.0 Å². The van der Waals surface area contributed by atoms with Crippen molar-refractivity contribution in [2.24, 2.45) is 14.1 Å². The van der Waals surface area contributed by atoms with Gasteiger partial charge in [-0.3, -0.25) is 9.13 Å². The zero-order valence-electron chi connectivity index (χ0n) is 12.6. The van der Waals surface area contributed by atoms with E-state index < -0.39 is 0 Å². The topological polar surface area (TPSA) is 51.0 Å². The van der Waals surface area contributed by atoms with E-state index in [2.05, 4.69) is 22.8 Å². The van der Waals surface area contributed by atoms with E-state index in [0.717, 1.165) is 37.1 Å². The second kappa shape index (κ2) is 9.10. The van der Waals surface area contributed by atoms with Gasteiger partial charge in [-0.05, 0) is 44.3 Å². The van der Waals surface area contributed by atoms with Crippen LogP contribution in [-0.2, 0) is 20.6 Å². The first-order valence-electron chi connectivity index (χ1n) is 6.65. The second-order valence-corrected chi connectivity index (χ2v) is 4.86. The number of benzene rings is 1. The van der Waals surface area contributed by atoms with Gasteiger partial charge in [0.25, 0.3) is 0 Å². The number of nitrogens with zero attached hydrogens (tertiary/aromatic N) is 2. The van der Waals surface area contributed by atoms with Crippen molar-refractivity contribution in [1.29, 1.82) is 0 Å². The summed E-state index contributed by atoms with van der Waals surface area (Å²) >= 11 is 0. The van der Waals surface area contributed by atoms with Crippen LogP contribution in [0.25, 0.3) is 11.0 Å². The summed E-state index contributed by atoms with van der Waals surface area (Å²) in [5, 5.41) is 6.53. The third kappa shape index (κ3) is 4.48. The molecule has 0 amide bonds. The standard InChI is InChI=1S/C14H22N4O.2ClH/c1-15-7-4-8-16-10-11-5-6-12-13(9-11)18(3)14(19)17(12)2;;/h5-6,9,15-16H,4,7-8,10H2,1-3H3;2*1H/p-2. The number of nitrogens with one attached hydrogen (secondary N) is 2. The highest BCUT2D eigenvalue weighted by molar-refractivity contribution is 5.76. The maximum absolute atomic E-state index is 11.8. The molecule has 0 fully saturated rings. The molecular weight excluding hydrogens is 311 g/mol. The van der Waals surface area contributed by atoms with Gasteiger partial charge < -0.3 is 35.4 Å². The minimum Gasteiger partial charge on any atom is -1.00 e. The maximum Gasteiger partial charge on any atom is 0.328 e. The molecule has 0 aliphatic heterocycles. The quantitative estimate of drug-likeness (QED) is 0.519. The Morgan fingerprint density at radius 3 is 2.38 bits per heavy atom. The summed E-state index contributed by atoms with van der Waals surface area (Å²) in [5.74, 6) is 0. The fourth-order valence-electron chi connectivity index (χ4n) is 2.29. The predicted octanol–water partition coefficient (Wildman–Crippen LogP) is -5.42. The van der Waals surface area contributed by atoms with E-state index >= 15 is 0 Å². The number of hydrogen-bond donors (Lipinski definition) is 2. The number of hydrogen-bond acceptors (Lipinski definition) is 3. The predicted molar refractivity (Wildman–Crippen MR) is 78.4 cm³/mol. The van der Waals surface area contributed by atoms with E-state index in [1.54, 1.807) is 16.2 Å². The zero-order valence-corrected chi connectivity index (χ0v) is 14.1. The van der Waals surface area contributed by atoms with E-state index in [0.29, 0.717) is 0 Å². The molecule has 120 valence electrons. The Hall–Kier alpha value is -1.01. The van der Waals surface area contributed by atoms with Crippen LogP contribution in [0.2, 0.25) is 0 Å². The summed E-state index contributed by atoms with van der Waals surface area (Å²) in [7, 11) is 5.58. The monoisotopic (exact) mass is 332 g/mol. The SMILES string of the molecule is CNCCCNCc1ccc2c(c1)n(C)c(=O)n2C.[Cl-].[Cl-]. The van der Waals surface area contributed by atoms with E-state index in [4.69, 9.17) is 0 Å². The van der Waals surface area contributed by atoms with Crippen molar-refractivity contribution in [1.82, 2.24) is 19.8 Å². The molecule has 1 aromatic carbocycles. The molecule has 0 spiro atoms. The van der Waals surface area contributed by atoms with Crippen molar-refractivity contribution >= 4 is 11.0 Å². The summed E-state index contributed by atoms with van der Waals surface area (Å²) < 4.78 is 3.37. The van der Waals surface area contributed by atoms with Gasteiger partial charge in [0.2, 0.25) is 0 Å². The molecule has 21 heavy (non-hydrogen) atoms. The van der Waals surface area contributed by atoms with Gasteiger partial charge in [-0.2, -0.15) is 0 Å². The van der Waals surface area contributed by atoms with E-state index in [1.807, 2.05) is 20.2 Å². The molecule has 1 heterocycles. The van der Waals surface area contributed by atoms with E-state index in [-0.39, 0.29) is 30.5 Å². The fourth-order valence-corrected chi connectivity index (χ4v) is 2.29. The van der Waals surface area contributed by atoms with Gasteiger partial charge >= 0.3 is 5.69 Å². The van der Waals surface area contributed by atoms with Crippen LogP contribution in [-0.4, -0.2) is 29.3 Å². The molecule has 0 aliphatic rings. The van der Waals surface area contributed by atoms with Gasteiger partial charge in [-0.15, -0.1) is 0 Å². The van der Waals surface area contributed by atoms with E-state index in [9.17, 15) is 4.79 Å². The second-order valence-electron chi connectivity index (χ2n) is 4.86. The lowest BCUT2D eigenvalue weighted by atomic mass is 10.2. The first kappa shape index (κ1) is 20.0. The van der Waals surface area contributed by atoms with E-state index in [1.165, 1.54) is 5.56 Å². The molecule has 2 rings (SSSR count). The maximum atomic E-state index is 11.8. The smallest absolute Gasteiger partial charge is 0.328 e. The molecule has 0 aliphatic carbocycles. The number of fused-ring (bicyclic) bond motifs is 1. The van der Waals surface area contributed by atoms with Crippen LogP contribution < -0.4 is 41.1 Å². The lowest BCUT2D eigenvalue weighted by Crippen LogP contribution is -3.00. The molecule has 2 aromatic rings. The number of aryl methyl sites for hydroxylation is 2. The van der Waals surface area contributed by atoms with Crippen LogP contribution in [0.4, 0.5) is 0 Å². The molecule has 7 heteroatoms. The largest absolute Gasteiger partial charge is 1.00 e. The molecule has 0 atom stereocenters. The highest BCUT2D eigenvalue weighted by atomic mass is 35.5. The Bertz CT molecular complexity index is 621. The van der Waals surface area contributed by atoms with Crippen LogP contribution in [0.15, 0.2) is 23.0 Å². The fraction of sp³-hybridized carbons (Fsp3) is 0.500. The minimum atomic E-state index is 0. The van der Waals surface area contributed by atoms with Crippen molar-refractivity contribution in [2.45, 2.75) is 13.0 Å². The molecule has 5 nitrogen and oxygen atoms in total. The van der Waals surface area contributed by atoms with Gasteiger partial charge in [-0.25, -0.2) is 4.79 Å². The average molecular weight is 333 g/mol.